The van der Waals surface area contributed by atoms with Crippen LogP contribution in [0.25, 0.3) is 11.0 Å². The smallest absolute Gasteiger partial charge is 0.157 e. The summed E-state index contributed by atoms with van der Waals surface area (Å²) in [5, 5.41) is 9.19. The van der Waals surface area contributed by atoms with E-state index >= 15 is 0 Å². The summed E-state index contributed by atoms with van der Waals surface area (Å²) in [6.45, 7) is 8.72. The van der Waals surface area contributed by atoms with Gasteiger partial charge in [0.2, 0.25) is 0 Å². The van der Waals surface area contributed by atoms with E-state index in [-0.39, 0.29) is 0 Å². The van der Waals surface area contributed by atoms with E-state index in [2.05, 4.69) is 35.3 Å². The van der Waals surface area contributed by atoms with Gasteiger partial charge in [-0.05, 0) is 42.7 Å². The molecule has 4 heteroatoms. The second-order valence-electron chi connectivity index (χ2n) is 6.54. The largest absolute Gasteiger partial charge is 0.312 e. The van der Waals surface area contributed by atoms with Gasteiger partial charge < -0.3 is 5.32 Å². The molecule has 0 saturated heterocycles. The Morgan fingerprint density at radius 3 is 2.80 bits per heavy atom. The van der Waals surface area contributed by atoms with Crippen molar-refractivity contribution < 1.29 is 0 Å². The van der Waals surface area contributed by atoms with Crippen LogP contribution < -0.4 is 5.32 Å². The normalized spacial score (nSPS) is 17.1. The summed E-state index contributed by atoms with van der Waals surface area (Å²) in [7, 11) is 1.94. The molecular weight excluding hydrogens is 248 g/mol. The van der Waals surface area contributed by atoms with Crippen LogP contribution in [0.1, 0.15) is 37.9 Å². The Morgan fingerprint density at radius 2 is 2.15 bits per heavy atom. The Kier molecular flexibility index (Phi) is 3.28. The summed E-state index contributed by atoms with van der Waals surface area (Å²) < 4.78 is 1.85. The molecule has 0 spiro atoms. The Balaban J connectivity index is 1.68. The van der Waals surface area contributed by atoms with Crippen LogP contribution in [-0.2, 0) is 13.6 Å². The number of rotatable bonds is 5. The van der Waals surface area contributed by atoms with Crippen molar-refractivity contribution in [1.29, 1.82) is 0 Å². The first-order valence-electron chi connectivity index (χ1n) is 7.51. The molecule has 0 amide bonds. The molecular formula is C16H24N4. The molecule has 0 bridgehead atoms. The number of aryl methyl sites for hydroxylation is 2. The zero-order valence-electron chi connectivity index (χ0n) is 12.9. The maximum atomic E-state index is 4.53. The van der Waals surface area contributed by atoms with Crippen LogP contribution in [0.4, 0.5) is 0 Å². The first-order valence-corrected chi connectivity index (χ1v) is 7.51. The van der Waals surface area contributed by atoms with E-state index in [1.807, 2.05) is 24.9 Å². The number of hydrogen-bond acceptors (Lipinski definition) is 3. The van der Waals surface area contributed by atoms with Crippen LogP contribution in [0.5, 0.6) is 0 Å². The van der Waals surface area contributed by atoms with E-state index < -0.39 is 0 Å². The molecule has 2 heterocycles. The average molecular weight is 272 g/mol. The third-order valence-corrected chi connectivity index (χ3v) is 4.84. The monoisotopic (exact) mass is 272 g/mol. The van der Waals surface area contributed by atoms with Gasteiger partial charge in [-0.25, -0.2) is 4.98 Å². The first-order chi connectivity index (χ1) is 9.52. The van der Waals surface area contributed by atoms with Crippen LogP contribution in [-0.4, -0.2) is 21.3 Å². The van der Waals surface area contributed by atoms with E-state index in [4.69, 9.17) is 0 Å². The van der Waals surface area contributed by atoms with Crippen molar-refractivity contribution in [1.82, 2.24) is 20.1 Å². The van der Waals surface area contributed by atoms with E-state index in [9.17, 15) is 0 Å². The molecule has 4 nitrogen and oxygen atoms in total. The highest BCUT2D eigenvalue weighted by atomic mass is 15.3. The number of nitrogens with zero attached hydrogens (tertiary/aromatic N) is 3. The Hall–Kier alpha value is -1.42. The van der Waals surface area contributed by atoms with Crippen LogP contribution >= 0.6 is 0 Å². The molecule has 0 atom stereocenters. The summed E-state index contributed by atoms with van der Waals surface area (Å²) in [6.07, 6.45) is 4.71. The fraction of sp³-hybridized carbons (Fsp3) is 0.625. The van der Waals surface area contributed by atoms with Crippen molar-refractivity contribution in [3.8, 4) is 0 Å². The minimum Gasteiger partial charge on any atom is -0.312 e. The number of fused-ring (bicyclic) bond motifs is 1. The van der Waals surface area contributed by atoms with Crippen molar-refractivity contribution in [2.45, 2.75) is 40.2 Å². The molecule has 2 aromatic rings. The Bertz CT molecular complexity index is 623. The lowest BCUT2D eigenvalue weighted by molar-refractivity contribution is 0.338. The minimum atomic E-state index is 0.557. The molecule has 0 aromatic carbocycles. The van der Waals surface area contributed by atoms with E-state index in [0.717, 1.165) is 35.7 Å². The molecule has 20 heavy (non-hydrogen) atoms. The quantitative estimate of drug-likeness (QED) is 0.910. The van der Waals surface area contributed by atoms with Crippen LogP contribution in [0, 0.1) is 18.3 Å². The van der Waals surface area contributed by atoms with Crippen LogP contribution in [0.2, 0.25) is 0 Å². The highest BCUT2D eigenvalue weighted by Gasteiger charge is 2.44. The van der Waals surface area contributed by atoms with Gasteiger partial charge in [0.15, 0.2) is 5.65 Å². The highest BCUT2D eigenvalue weighted by molar-refractivity contribution is 5.78. The third-order valence-electron chi connectivity index (χ3n) is 4.84. The molecule has 1 N–H and O–H groups in total. The van der Waals surface area contributed by atoms with Gasteiger partial charge in [-0.1, -0.05) is 13.8 Å². The molecule has 1 aliphatic carbocycles. The van der Waals surface area contributed by atoms with Gasteiger partial charge in [-0.2, -0.15) is 5.10 Å². The zero-order valence-corrected chi connectivity index (χ0v) is 12.9. The van der Waals surface area contributed by atoms with Crippen molar-refractivity contribution in [3.05, 3.63) is 23.5 Å². The summed E-state index contributed by atoms with van der Waals surface area (Å²) in [5.74, 6) is 0.774. The van der Waals surface area contributed by atoms with Crippen molar-refractivity contribution in [3.63, 3.8) is 0 Å². The Morgan fingerprint density at radius 1 is 1.40 bits per heavy atom. The first kappa shape index (κ1) is 13.6. The van der Waals surface area contributed by atoms with Crippen LogP contribution in [0.3, 0.4) is 0 Å². The topological polar surface area (TPSA) is 42.7 Å². The van der Waals surface area contributed by atoms with Gasteiger partial charge in [-0.15, -0.1) is 0 Å². The number of pyridine rings is 1. The molecule has 3 rings (SSSR count). The maximum Gasteiger partial charge on any atom is 0.157 e. The lowest BCUT2D eigenvalue weighted by atomic mass is 9.92. The molecule has 2 aromatic heterocycles. The second kappa shape index (κ2) is 4.85. The molecule has 1 saturated carbocycles. The number of nitrogens with one attached hydrogen (secondary N) is 1. The molecule has 0 radical (unpaired) electrons. The summed E-state index contributed by atoms with van der Waals surface area (Å²) in [4.78, 5) is 4.53. The molecule has 108 valence electrons. The zero-order chi connectivity index (χ0) is 14.3. The summed E-state index contributed by atoms with van der Waals surface area (Å²) in [5.41, 5.74) is 3.82. The van der Waals surface area contributed by atoms with Gasteiger partial charge in [0.25, 0.3) is 0 Å². The standard InChI is InChI=1S/C16H24N4/c1-11(2)16(5-6-16)10-17-8-13-7-14-12(3)19-20(4)15(14)18-9-13/h7,9,11,17H,5-6,8,10H2,1-4H3. The van der Waals surface area contributed by atoms with Gasteiger partial charge >= 0.3 is 0 Å². The average Bonchev–Trinajstić information content (AvgIpc) is 3.14. The van der Waals surface area contributed by atoms with E-state index in [0.29, 0.717) is 5.41 Å². The predicted molar refractivity (Wildman–Crippen MR) is 81.5 cm³/mol. The lowest BCUT2D eigenvalue weighted by Crippen LogP contribution is -2.27. The summed E-state index contributed by atoms with van der Waals surface area (Å²) in [6, 6.07) is 2.21. The van der Waals surface area contributed by atoms with Gasteiger partial charge in [-0.3, -0.25) is 4.68 Å². The van der Waals surface area contributed by atoms with Gasteiger partial charge in [0, 0.05) is 31.7 Å². The number of hydrogen-bond donors (Lipinski definition) is 1. The Labute approximate surface area is 120 Å². The fourth-order valence-electron chi connectivity index (χ4n) is 3.02. The van der Waals surface area contributed by atoms with Crippen LogP contribution in [0.15, 0.2) is 12.3 Å². The van der Waals surface area contributed by atoms with E-state index in [1.54, 1.807) is 0 Å². The second-order valence-corrected chi connectivity index (χ2v) is 6.54. The fourth-order valence-corrected chi connectivity index (χ4v) is 3.02. The molecule has 1 aliphatic rings. The maximum absolute atomic E-state index is 4.53. The van der Waals surface area contributed by atoms with Crippen molar-refractivity contribution >= 4 is 11.0 Å². The summed E-state index contributed by atoms with van der Waals surface area (Å²) >= 11 is 0. The van der Waals surface area contributed by atoms with Gasteiger partial charge in [0.1, 0.15) is 0 Å². The number of aromatic nitrogens is 3. The lowest BCUT2D eigenvalue weighted by Gasteiger charge is -2.20. The molecule has 0 aliphatic heterocycles. The van der Waals surface area contributed by atoms with E-state index in [1.165, 1.54) is 18.4 Å². The SMILES string of the molecule is Cc1nn(C)c2ncc(CNCC3(C(C)C)CC3)cc12. The molecule has 0 unspecified atom stereocenters. The molecule has 1 fully saturated rings. The minimum absolute atomic E-state index is 0.557. The predicted octanol–water partition coefficient (Wildman–Crippen LogP) is 2.80. The van der Waals surface area contributed by atoms with Crippen molar-refractivity contribution in [2.75, 3.05) is 6.54 Å². The highest BCUT2D eigenvalue weighted by Crippen LogP contribution is 2.51. The van der Waals surface area contributed by atoms with Gasteiger partial charge in [0.05, 0.1) is 5.69 Å². The third kappa shape index (κ3) is 2.33. The van der Waals surface area contributed by atoms with Crippen molar-refractivity contribution in [2.24, 2.45) is 18.4 Å².